The highest BCUT2D eigenvalue weighted by Crippen LogP contribution is 2.68. The summed E-state index contributed by atoms with van der Waals surface area (Å²) in [6.45, 7) is 18.5. The first-order valence-electron chi connectivity index (χ1n) is 17.0. The average molecular weight is 574 g/mol. The molecular weight excluding hydrogens is 510 g/mol. The third-order valence-corrected chi connectivity index (χ3v) is 12.5. The zero-order chi connectivity index (χ0) is 29.8. The molecule has 0 aliphatic heterocycles. The number of aliphatic hydroxyl groups is 1. The number of nitrogens with zero attached hydrogens (tertiary/aromatic N) is 1. The molecule has 0 bridgehead atoms. The zero-order valence-corrected chi connectivity index (χ0v) is 26.8. The molecule has 4 saturated carbocycles. The van der Waals surface area contributed by atoms with Crippen molar-refractivity contribution in [1.29, 1.82) is 0 Å². The number of carbonyl (C=O) groups is 1. The van der Waals surface area contributed by atoms with Crippen LogP contribution in [-0.4, -0.2) is 73.4 Å². The van der Waals surface area contributed by atoms with Gasteiger partial charge in [0.05, 0.1) is 6.10 Å². The number of hydrogen-bond donors (Lipinski definition) is 5. The number of aliphatic hydroxyl groups excluding tert-OH is 1. The Morgan fingerprint density at radius 2 is 1.71 bits per heavy atom. The second-order valence-electron chi connectivity index (χ2n) is 15.0. The van der Waals surface area contributed by atoms with Gasteiger partial charge in [-0.25, -0.2) is 0 Å². The summed E-state index contributed by atoms with van der Waals surface area (Å²) in [7, 11) is 0. The summed E-state index contributed by atoms with van der Waals surface area (Å²) in [5.74, 6) is 3.31. The lowest BCUT2D eigenvalue weighted by Crippen LogP contribution is -2.59. The molecule has 0 radical (unpaired) electrons. The molecular formula is C34H63N5O2. The maximum atomic E-state index is 12.4. The van der Waals surface area contributed by atoms with Crippen LogP contribution in [0.3, 0.4) is 0 Å². The molecule has 0 aromatic rings. The average Bonchev–Trinajstić information content (AvgIpc) is 3.26. The fourth-order valence-electron chi connectivity index (χ4n) is 10.5. The zero-order valence-electron chi connectivity index (χ0n) is 26.8. The Labute approximate surface area is 251 Å². The van der Waals surface area contributed by atoms with Gasteiger partial charge in [0, 0.05) is 57.8 Å². The smallest absolute Gasteiger partial charge is 0.220 e. The Bertz CT molecular complexity index is 862. The van der Waals surface area contributed by atoms with Gasteiger partial charge in [0.25, 0.3) is 0 Å². The normalized spacial score (nSPS) is 39.2. The van der Waals surface area contributed by atoms with Crippen molar-refractivity contribution in [2.45, 2.75) is 110 Å². The molecule has 7 nitrogen and oxygen atoms in total. The molecule has 5 unspecified atom stereocenters. The summed E-state index contributed by atoms with van der Waals surface area (Å²) in [6.07, 6.45) is 13.0. The topological polar surface area (TPSA) is 117 Å². The van der Waals surface area contributed by atoms with Crippen molar-refractivity contribution in [3.8, 4) is 0 Å². The van der Waals surface area contributed by atoms with Crippen LogP contribution in [0.25, 0.3) is 0 Å². The third-order valence-electron chi connectivity index (χ3n) is 12.5. The Morgan fingerprint density at radius 1 is 1.02 bits per heavy atom. The highest BCUT2D eigenvalue weighted by Gasteiger charge is 2.63. The molecule has 7 heteroatoms. The second-order valence-corrected chi connectivity index (χ2v) is 15.0. The van der Waals surface area contributed by atoms with Crippen LogP contribution in [0, 0.1) is 46.3 Å². The molecule has 4 rings (SSSR count). The maximum absolute atomic E-state index is 12.4. The van der Waals surface area contributed by atoms with Crippen molar-refractivity contribution >= 4 is 5.91 Å². The van der Waals surface area contributed by atoms with Gasteiger partial charge in [-0.3, -0.25) is 9.69 Å². The predicted octanol–water partition coefficient (Wildman–Crippen LogP) is 3.90. The first-order valence-corrected chi connectivity index (χ1v) is 17.0. The molecule has 4 aliphatic carbocycles. The van der Waals surface area contributed by atoms with E-state index in [1.165, 1.54) is 44.9 Å². The van der Waals surface area contributed by atoms with Crippen LogP contribution in [0.15, 0.2) is 12.7 Å². The van der Waals surface area contributed by atoms with Gasteiger partial charge in [-0.05, 0) is 118 Å². The van der Waals surface area contributed by atoms with Gasteiger partial charge < -0.3 is 27.2 Å². The number of nitrogens with two attached hydrogens (primary N) is 2. The van der Waals surface area contributed by atoms with Gasteiger partial charge in [-0.15, -0.1) is 6.58 Å². The van der Waals surface area contributed by atoms with E-state index in [1.807, 2.05) is 13.8 Å². The summed E-state index contributed by atoms with van der Waals surface area (Å²) in [5.41, 5.74) is 12.1. The number of allylic oxidation sites excluding steroid dienone is 1. The minimum Gasteiger partial charge on any atom is -0.393 e. The summed E-state index contributed by atoms with van der Waals surface area (Å²) >= 11 is 0. The van der Waals surface area contributed by atoms with Crippen LogP contribution < -0.4 is 22.1 Å². The van der Waals surface area contributed by atoms with Crippen molar-refractivity contribution in [1.82, 2.24) is 15.5 Å². The van der Waals surface area contributed by atoms with Gasteiger partial charge in [0.2, 0.25) is 5.91 Å². The van der Waals surface area contributed by atoms with E-state index in [9.17, 15) is 9.90 Å². The van der Waals surface area contributed by atoms with E-state index in [2.05, 4.69) is 42.0 Å². The summed E-state index contributed by atoms with van der Waals surface area (Å²) in [5, 5.41) is 18.7. The molecule has 10 atom stereocenters. The van der Waals surface area contributed by atoms with Crippen molar-refractivity contribution in [3.63, 3.8) is 0 Å². The molecule has 0 heterocycles. The van der Waals surface area contributed by atoms with Crippen LogP contribution in [-0.2, 0) is 4.79 Å². The van der Waals surface area contributed by atoms with Crippen LogP contribution in [0.4, 0.5) is 0 Å². The van der Waals surface area contributed by atoms with E-state index in [4.69, 9.17) is 11.5 Å². The third kappa shape index (κ3) is 7.06. The Balaban J connectivity index is 1.38. The van der Waals surface area contributed by atoms with Crippen molar-refractivity contribution in [3.05, 3.63) is 12.7 Å². The molecule has 1 amide bonds. The number of fused-ring (bicyclic) bond motifs is 5. The number of carbonyl (C=O) groups excluding carboxylic acids is 1. The van der Waals surface area contributed by atoms with E-state index < -0.39 is 0 Å². The monoisotopic (exact) mass is 573 g/mol. The van der Waals surface area contributed by atoms with Gasteiger partial charge in [-0.2, -0.15) is 0 Å². The molecule has 41 heavy (non-hydrogen) atoms. The Hall–Kier alpha value is -0.990. The first-order chi connectivity index (χ1) is 19.6. The highest BCUT2D eigenvalue weighted by molar-refractivity contribution is 5.76. The largest absolute Gasteiger partial charge is 0.393 e. The summed E-state index contributed by atoms with van der Waals surface area (Å²) in [6, 6.07) is 0.727. The van der Waals surface area contributed by atoms with Gasteiger partial charge >= 0.3 is 0 Å². The SMILES string of the molecule is C=C[C@H](CCC(=O)NC(C)C)C1CCC2C3C(CC[C@@]21C)[C@@]1(C)CC[C@H](NCCN(CCN)CCN)CC1C[C@H]3O. The minimum absolute atomic E-state index is 0.158. The van der Waals surface area contributed by atoms with Crippen molar-refractivity contribution in [2.24, 2.45) is 57.8 Å². The Kier molecular flexibility index (Phi) is 11.4. The van der Waals surface area contributed by atoms with Crippen molar-refractivity contribution in [2.75, 3.05) is 39.3 Å². The fourth-order valence-corrected chi connectivity index (χ4v) is 10.5. The predicted molar refractivity (Wildman–Crippen MR) is 169 cm³/mol. The van der Waals surface area contributed by atoms with Crippen LogP contribution >= 0.6 is 0 Å². The molecule has 7 N–H and O–H groups in total. The molecule has 4 aliphatic rings. The number of hydrogen-bond acceptors (Lipinski definition) is 6. The maximum Gasteiger partial charge on any atom is 0.220 e. The lowest BCUT2D eigenvalue weighted by atomic mass is 9.43. The lowest BCUT2D eigenvalue weighted by Gasteiger charge is -2.62. The van der Waals surface area contributed by atoms with Gasteiger partial charge in [0.1, 0.15) is 0 Å². The molecule has 0 saturated heterocycles. The lowest BCUT2D eigenvalue weighted by molar-refractivity contribution is -0.166. The molecule has 0 spiro atoms. The number of amides is 1. The molecule has 4 fully saturated rings. The quantitative estimate of drug-likeness (QED) is 0.201. The number of rotatable bonds is 14. The van der Waals surface area contributed by atoms with E-state index >= 15 is 0 Å². The van der Waals surface area contributed by atoms with Crippen LogP contribution in [0.2, 0.25) is 0 Å². The van der Waals surface area contributed by atoms with Gasteiger partial charge in [0.15, 0.2) is 0 Å². The van der Waals surface area contributed by atoms with Gasteiger partial charge in [-0.1, -0.05) is 19.9 Å². The number of nitrogens with one attached hydrogen (secondary N) is 2. The molecule has 0 aromatic heterocycles. The summed E-state index contributed by atoms with van der Waals surface area (Å²) < 4.78 is 0. The van der Waals surface area contributed by atoms with Crippen LogP contribution in [0.5, 0.6) is 0 Å². The Morgan fingerprint density at radius 3 is 2.37 bits per heavy atom. The first kappa shape index (κ1) is 32.9. The van der Waals surface area contributed by atoms with Crippen LogP contribution in [0.1, 0.15) is 91.9 Å². The van der Waals surface area contributed by atoms with E-state index in [-0.39, 0.29) is 23.5 Å². The second kappa shape index (κ2) is 14.2. The molecule has 0 aromatic carbocycles. The standard InChI is InChI=1S/C34H63N5O2/c1-6-24(7-10-31(41)38-23(2)3)27-8-9-28-32-29(12-14-34(27,28)5)33(4)13-11-26(21-25(33)22-30(32)40)37-17-20-39(18-15-35)19-16-36/h6,23-30,32,37,40H,1,7-22,35-36H2,2-5H3,(H,38,41)/t24-,25?,26+,27?,28?,29?,30-,32?,33+,34-/m1/s1. The minimum atomic E-state index is -0.191. The van der Waals surface area contributed by atoms with E-state index in [0.717, 1.165) is 39.0 Å². The van der Waals surface area contributed by atoms with E-state index in [0.29, 0.717) is 66.5 Å². The highest BCUT2D eigenvalue weighted by atomic mass is 16.3. The molecule has 236 valence electrons. The van der Waals surface area contributed by atoms with Crippen molar-refractivity contribution < 1.29 is 9.90 Å². The fraction of sp³-hybridized carbons (Fsp3) is 0.912. The summed E-state index contributed by atoms with van der Waals surface area (Å²) in [4.78, 5) is 14.8. The van der Waals surface area contributed by atoms with E-state index in [1.54, 1.807) is 0 Å².